The second-order valence-corrected chi connectivity index (χ2v) is 4.95. The highest BCUT2D eigenvalue weighted by atomic mass is 19.1. The summed E-state index contributed by atoms with van der Waals surface area (Å²) in [7, 11) is 0. The number of piperidine rings is 1. The molecular formula is C14H21FN2. The van der Waals surface area contributed by atoms with Crippen molar-refractivity contribution >= 4 is 5.69 Å². The van der Waals surface area contributed by atoms with Gasteiger partial charge in [-0.05, 0) is 37.4 Å². The molecule has 1 aromatic carbocycles. The maximum atomic E-state index is 13.3. The van der Waals surface area contributed by atoms with Crippen LogP contribution in [0.2, 0.25) is 0 Å². The SMILES string of the molecule is CC1CCCN(CCNc2ccccc2F)C1. The van der Waals surface area contributed by atoms with Gasteiger partial charge < -0.3 is 10.2 Å². The van der Waals surface area contributed by atoms with Gasteiger partial charge in [-0.1, -0.05) is 19.1 Å². The lowest BCUT2D eigenvalue weighted by atomic mass is 10.0. The van der Waals surface area contributed by atoms with E-state index in [0.717, 1.165) is 19.0 Å². The lowest BCUT2D eigenvalue weighted by molar-refractivity contribution is 0.190. The lowest BCUT2D eigenvalue weighted by Gasteiger charge is -2.30. The van der Waals surface area contributed by atoms with Crippen molar-refractivity contribution in [3.63, 3.8) is 0 Å². The Hall–Kier alpha value is -1.09. The quantitative estimate of drug-likeness (QED) is 0.864. The molecule has 1 aromatic rings. The lowest BCUT2D eigenvalue weighted by Crippen LogP contribution is -2.37. The summed E-state index contributed by atoms with van der Waals surface area (Å²) in [4.78, 5) is 2.46. The molecule has 17 heavy (non-hydrogen) atoms. The first-order valence-corrected chi connectivity index (χ1v) is 6.46. The number of benzene rings is 1. The smallest absolute Gasteiger partial charge is 0.146 e. The van der Waals surface area contributed by atoms with Gasteiger partial charge in [0.25, 0.3) is 0 Å². The Kier molecular flexibility index (Phi) is 4.37. The highest BCUT2D eigenvalue weighted by Crippen LogP contribution is 2.15. The molecule has 1 unspecified atom stereocenters. The molecule has 1 atom stereocenters. The highest BCUT2D eigenvalue weighted by molar-refractivity contribution is 5.44. The molecular weight excluding hydrogens is 215 g/mol. The van der Waals surface area contributed by atoms with Crippen LogP contribution >= 0.6 is 0 Å². The summed E-state index contributed by atoms with van der Waals surface area (Å²) in [6, 6.07) is 6.85. The van der Waals surface area contributed by atoms with Crippen molar-refractivity contribution in [2.45, 2.75) is 19.8 Å². The van der Waals surface area contributed by atoms with Gasteiger partial charge in [0, 0.05) is 19.6 Å². The second-order valence-electron chi connectivity index (χ2n) is 4.95. The van der Waals surface area contributed by atoms with Gasteiger partial charge in [0.1, 0.15) is 5.82 Å². The number of anilines is 1. The van der Waals surface area contributed by atoms with Gasteiger partial charge in [-0.3, -0.25) is 0 Å². The summed E-state index contributed by atoms with van der Waals surface area (Å²) in [5.74, 6) is 0.636. The zero-order chi connectivity index (χ0) is 12.1. The normalized spacial score (nSPS) is 21.4. The van der Waals surface area contributed by atoms with Crippen molar-refractivity contribution in [3.05, 3.63) is 30.1 Å². The predicted molar refractivity (Wildman–Crippen MR) is 69.7 cm³/mol. The fraction of sp³-hybridized carbons (Fsp3) is 0.571. The summed E-state index contributed by atoms with van der Waals surface area (Å²) < 4.78 is 13.3. The van der Waals surface area contributed by atoms with Gasteiger partial charge in [-0.25, -0.2) is 4.39 Å². The van der Waals surface area contributed by atoms with Crippen molar-refractivity contribution < 1.29 is 4.39 Å². The van der Waals surface area contributed by atoms with Crippen LogP contribution in [0.4, 0.5) is 10.1 Å². The number of hydrogen-bond donors (Lipinski definition) is 1. The molecule has 3 heteroatoms. The third kappa shape index (κ3) is 3.70. The van der Waals surface area contributed by atoms with E-state index in [1.54, 1.807) is 12.1 Å². The van der Waals surface area contributed by atoms with E-state index in [-0.39, 0.29) is 5.82 Å². The monoisotopic (exact) mass is 236 g/mol. The average molecular weight is 236 g/mol. The molecule has 1 saturated heterocycles. The fourth-order valence-electron chi connectivity index (χ4n) is 2.44. The van der Waals surface area contributed by atoms with Crippen LogP contribution in [0, 0.1) is 11.7 Å². The molecule has 0 spiro atoms. The highest BCUT2D eigenvalue weighted by Gasteiger charge is 2.15. The van der Waals surface area contributed by atoms with E-state index in [0.29, 0.717) is 5.69 Å². The number of nitrogens with zero attached hydrogens (tertiary/aromatic N) is 1. The number of para-hydroxylation sites is 1. The summed E-state index contributed by atoms with van der Waals surface area (Å²) in [6.45, 7) is 6.48. The molecule has 1 aliphatic heterocycles. The van der Waals surface area contributed by atoms with E-state index in [9.17, 15) is 4.39 Å². The molecule has 1 aliphatic rings. The van der Waals surface area contributed by atoms with Crippen LogP contribution in [0.3, 0.4) is 0 Å². The first-order valence-electron chi connectivity index (χ1n) is 6.46. The molecule has 0 aliphatic carbocycles. The molecule has 0 radical (unpaired) electrons. The Morgan fingerprint density at radius 3 is 3.00 bits per heavy atom. The van der Waals surface area contributed by atoms with Crippen molar-refractivity contribution in [2.24, 2.45) is 5.92 Å². The summed E-state index contributed by atoms with van der Waals surface area (Å²) >= 11 is 0. The van der Waals surface area contributed by atoms with Gasteiger partial charge in [0.15, 0.2) is 0 Å². The minimum Gasteiger partial charge on any atom is -0.381 e. The largest absolute Gasteiger partial charge is 0.381 e. The van der Waals surface area contributed by atoms with Crippen LogP contribution in [0.5, 0.6) is 0 Å². The maximum Gasteiger partial charge on any atom is 0.146 e. The van der Waals surface area contributed by atoms with Crippen LogP contribution < -0.4 is 5.32 Å². The van der Waals surface area contributed by atoms with Gasteiger partial charge in [-0.15, -0.1) is 0 Å². The standard InChI is InChI=1S/C14H21FN2/c1-12-5-4-9-17(11-12)10-8-16-14-7-3-2-6-13(14)15/h2-3,6-7,12,16H,4-5,8-11H2,1H3. The average Bonchev–Trinajstić information content (AvgIpc) is 2.32. The minimum absolute atomic E-state index is 0.167. The molecule has 0 aromatic heterocycles. The van der Waals surface area contributed by atoms with Gasteiger partial charge in [0.2, 0.25) is 0 Å². The molecule has 1 fully saturated rings. The molecule has 1 heterocycles. The van der Waals surface area contributed by atoms with Crippen LogP contribution in [0.1, 0.15) is 19.8 Å². The number of nitrogens with one attached hydrogen (secondary N) is 1. The van der Waals surface area contributed by atoms with Crippen LogP contribution in [0.15, 0.2) is 24.3 Å². The second kappa shape index (κ2) is 6.01. The Morgan fingerprint density at radius 1 is 1.41 bits per heavy atom. The zero-order valence-corrected chi connectivity index (χ0v) is 10.5. The van der Waals surface area contributed by atoms with Gasteiger partial charge >= 0.3 is 0 Å². The van der Waals surface area contributed by atoms with E-state index in [1.807, 2.05) is 6.07 Å². The van der Waals surface area contributed by atoms with Crippen LogP contribution in [-0.4, -0.2) is 31.1 Å². The van der Waals surface area contributed by atoms with Gasteiger partial charge in [0.05, 0.1) is 5.69 Å². The number of hydrogen-bond acceptors (Lipinski definition) is 2. The Labute approximate surface area is 103 Å². The molecule has 0 bridgehead atoms. The first kappa shape index (κ1) is 12.4. The van der Waals surface area contributed by atoms with E-state index in [2.05, 4.69) is 17.1 Å². The third-order valence-electron chi connectivity index (χ3n) is 3.36. The van der Waals surface area contributed by atoms with Crippen molar-refractivity contribution in [3.8, 4) is 0 Å². The predicted octanol–water partition coefficient (Wildman–Crippen LogP) is 2.97. The van der Waals surface area contributed by atoms with E-state index in [1.165, 1.54) is 32.0 Å². The first-order chi connectivity index (χ1) is 8.25. The van der Waals surface area contributed by atoms with E-state index >= 15 is 0 Å². The van der Waals surface area contributed by atoms with Crippen molar-refractivity contribution in [1.82, 2.24) is 4.90 Å². The number of halogens is 1. The maximum absolute atomic E-state index is 13.3. The van der Waals surface area contributed by atoms with E-state index < -0.39 is 0 Å². The summed E-state index contributed by atoms with van der Waals surface area (Å²) in [5, 5.41) is 3.16. The Balaban J connectivity index is 1.74. The zero-order valence-electron chi connectivity index (χ0n) is 10.5. The number of rotatable bonds is 4. The molecule has 2 nitrogen and oxygen atoms in total. The number of likely N-dealkylation sites (tertiary alicyclic amines) is 1. The summed E-state index contributed by atoms with van der Waals surface area (Å²) in [6.07, 6.45) is 2.64. The van der Waals surface area contributed by atoms with Crippen molar-refractivity contribution in [2.75, 3.05) is 31.5 Å². The third-order valence-corrected chi connectivity index (χ3v) is 3.36. The molecule has 2 rings (SSSR count). The van der Waals surface area contributed by atoms with Crippen LogP contribution in [0.25, 0.3) is 0 Å². The molecule has 0 saturated carbocycles. The fourth-order valence-corrected chi connectivity index (χ4v) is 2.44. The van der Waals surface area contributed by atoms with E-state index in [4.69, 9.17) is 0 Å². The Bertz CT molecular complexity index is 354. The molecule has 1 N–H and O–H groups in total. The summed E-state index contributed by atoms with van der Waals surface area (Å²) in [5.41, 5.74) is 0.609. The van der Waals surface area contributed by atoms with Crippen molar-refractivity contribution in [1.29, 1.82) is 0 Å². The topological polar surface area (TPSA) is 15.3 Å². The Morgan fingerprint density at radius 2 is 2.24 bits per heavy atom. The minimum atomic E-state index is -0.167. The molecule has 0 amide bonds. The van der Waals surface area contributed by atoms with Gasteiger partial charge in [-0.2, -0.15) is 0 Å². The molecule has 94 valence electrons. The van der Waals surface area contributed by atoms with Crippen LogP contribution in [-0.2, 0) is 0 Å².